The van der Waals surface area contributed by atoms with Crippen molar-refractivity contribution in [3.8, 4) is 0 Å². The van der Waals surface area contributed by atoms with E-state index in [0.29, 0.717) is 12.1 Å². The second-order valence-electron chi connectivity index (χ2n) is 6.44. The van der Waals surface area contributed by atoms with Gasteiger partial charge in [0.1, 0.15) is 5.56 Å². The number of pyridine rings is 1. The number of aryl methyl sites for hydroxylation is 2. The minimum Gasteiger partial charge on any atom is -0.341 e. The van der Waals surface area contributed by atoms with Crippen molar-refractivity contribution in [1.82, 2.24) is 14.5 Å². The number of aromatic nitrogens is 2. The lowest BCUT2D eigenvalue weighted by Crippen LogP contribution is -2.36. The van der Waals surface area contributed by atoms with Crippen molar-refractivity contribution in [3.63, 3.8) is 0 Å². The van der Waals surface area contributed by atoms with Gasteiger partial charge < -0.3 is 9.47 Å². The van der Waals surface area contributed by atoms with Gasteiger partial charge in [-0.1, -0.05) is 0 Å². The highest BCUT2D eigenvalue weighted by molar-refractivity contribution is 7.09. The first-order valence-electron chi connectivity index (χ1n) is 8.35. The van der Waals surface area contributed by atoms with Gasteiger partial charge in [-0.15, -0.1) is 11.3 Å². The molecule has 2 heterocycles. The third-order valence-corrected chi connectivity index (χ3v) is 5.83. The van der Waals surface area contributed by atoms with Crippen molar-refractivity contribution < 1.29 is 4.79 Å². The number of rotatable bonds is 4. The Morgan fingerprint density at radius 2 is 2.12 bits per heavy atom. The molecule has 0 aliphatic heterocycles. The molecule has 128 valence electrons. The summed E-state index contributed by atoms with van der Waals surface area (Å²) in [6, 6.07) is 1.83. The van der Waals surface area contributed by atoms with E-state index in [4.69, 9.17) is 0 Å². The lowest BCUT2D eigenvalue weighted by Gasteiger charge is -2.22. The summed E-state index contributed by atoms with van der Waals surface area (Å²) in [5, 5.41) is 0. The number of likely N-dealkylation sites (N-methyl/N-ethyl adjacent to an activating group) is 1. The summed E-state index contributed by atoms with van der Waals surface area (Å²) in [6.07, 6.45) is 4.88. The first-order chi connectivity index (χ1) is 11.5. The average Bonchev–Trinajstić information content (AvgIpc) is 3.00. The lowest BCUT2D eigenvalue weighted by molar-refractivity contribution is 0.0794. The second-order valence-corrected chi connectivity index (χ2v) is 7.38. The number of amides is 1. The quantitative estimate of drug-likeness (QED) is 0.855. The van der Waals surface area contributed by atoms with E-state index in [9.17, 15) is 9.59 Å². The van der Waals surface area contributed by atoms with Gasteiger partial charge in [0, 0.05) is 37.6 Å². The Bertz CT molecular complexity index is 822. The van der Waals surface area contributed by atoms with Crippen molar-refractivity contribution in [2.45, 2.75) is 39.0 Å². The summed E-state index contributed by atoms with van der Waals surface area (Å²) in [5.41, 5.74) is 5.20. The summed E-state index contributed by atoms with van der Waals surface area (Å²) in [6.45, 7) is 2.56. The number of hydrogen-bond acceptors (Lipinski definition) is 4. The van der Waals surface area contributed by atoms with E-state index < -0.39 is 0 Å². The molecule has 0 bridgehead atoms. The van der Waals surface area contributed by atoms with Crippen LogP contribution >= 0.6 is 11.3 Å². The number of fused-ring (bicyclic) bond motifs is 1. The van der Waals surface area contributed by atoms with Gasteiger partial charge in [-0.05, 0) is 44.2 Å². The van der Waals surface area contributed by atoms with Crippen LogP contribution in [0.5, 0.6) is 0 Å². The second kappa shape index (κ2) is 6.89. The van der Waals surface area contributed by atoms with Gasteiger partial charge in [0.25, 0.3) is 11.5 Å². The van der Waals surface area contributed by atoms with Gasteiger partial charge in [-0.2, -0.15) is 0 Å². The van der Waals surface area contributed by atoms with Crippen LogP contribution in [0.25, 0.3) is 0 Å². The normalized spacial score (nSPS) is 13.6. The molecule has 0 aromatic carbocycles. The van der Waals surface area contributed by atoms with Crippen molar-refractivity contribution in [1.29, 1.82) is 0 Å². The topological polar surface area (TPSA) is 55.2 Å². The fraction of sp³-hybridized carbons (Fsp3) is 0.500. The highest BCUT2D eigenvalue weighted by Gasteiger charge is 2.21. The molecule has 6 heteroatoms. The largest absolute Gasteiger partial charge is 0.341 e. The maximum Gasteiger partial charge on any atom is 0.263 e. The molecule has 1 aliphatic rings. The van der Waals surface area contributed by atoms with Gasteiger partial charge in [0.05, 0.1) is 11.2 Å². The van der Waals surface area contributed by atoms with Gasteiger partial charge in [0.2, 0.25) is 0 Å². The lowest BCUT2D eigenvalue weighted by atomic mass is 9.94. The molecule has 0 fully saturated rings. The van der Waals surface area contributed by atoms with Crippen LogP contribution in [0.3, 0.4) is 0 Å². The zero-order valence-electron chi connectivity index (χ0n) is 14.5. The van der Waals surface area contributed by atoms with Crippen LogP contribution in [0.1, 0.15) is 45.0 Å². The third kappa shape index (κ3) is 3.15. The molecule has 1 amide bonds. The van der Waals surface area contributed by atoms with Crippen LogP contribution in [0.4, 0.5) is 0 Å². The fourth-order valence-electron chi connectivity index (χ4n) is 3.29. The van der Waals surface area contributed by atoms with Crippen molar-refractivity contribution in [2.75, 3.05) is 13.6 Å². The molecule has 0 saturated carbocycles. The number of nitrogens with zero attached hydrogens (tertiary/aromatic N) is 3. The van der Waals surface area contributed by atoms with Gasteiger partial charge in [0.15, 0.2) is 0 Å². The van der Waals surface area contributed by atoms with Crippen molar-refractivity contribution in [2.24, 2.45) is 7.05 Å². The number of carbonyl (C=O) groups excluding carboxylic acids is 1. The van der Waals surface area contributed by atoms with Crippen LogP contribution in [-0.4, -0.2) is 34.0 Å². The van der Waals surface area contributed by atoms with Gasteiger partial charge in [-0.3, -0.25) is 9.59 Å². The molecule has 5 nitrogen and oxygen atoms in total. The predicted octanol–water partition coefficient (Wildman–Crippen LogP) is 2.34. The molecule has 1 aliphatic carbocycles. The van der Waals surface area contributed by atoms with Gasteiger partial charge >= 0.3 is 0 Å². The molecule has 3 rings (SSSR count). The standard InChI is InChI=1S/C18H23N3O2S/c1-12-16(24-11-19-12)8-9-20(2)17(22)14-10-13-6-4-5-7-15(13)21(3)18(14)23/h10-11H,4-9H2,1-3H3. The van der Waals surface area contributed by atoms with E-state index >= 15 is 0 Å². The molecule has 0 N–H and O–H groups in total. The molecule has 24 heavy (non-hydrogen) atoms. The summed E-state index contributed by atoms with van der Waals surface area (Å²) >= 11 is 1.61. The molecule has 0 radical (unpaired) electrons. The minimum atomic E-state index is -0.189. The fourth-order valence-corrected chi connectivity index (χ4v) is 4.06. The molecule has 0 saturated heterocycles. The zero-order chi connectivity index (χ0) is 17.3. The maximum atomic E-state index is 12.7. The number of hydrogen-bond donors (Lipinski definition) is 0. The summed E-state index contributed by atoms with van der Waals surface area (Å²) in [7, 11) is 3.54. The Kier molecular flexibility index (Phi) is 4.85. The SMILES string of the molecule is Cc1ncsc1CCN(C)C(=O)c1cc2c(n(C)c1=O)CCCC2. The number of thiazole rings is 1. The molecule has 2 aromatic rings. The molecule has 0 unspecified atom stereocenters. The van der Waals surface area contributed by atoms with E-state index in [1.54, 1.807) is 34.9 Å². The molecular weight excluding hydrogens is 322 g/mol. The highest BCUT2D eigenvalue weighted by atomic mass is 32.1. The minimum absolute atomic E-state index is 0.179. The Labute approximate surface area is 146 Å². The number of carbonyl (C=O) groups is 1. The monoisotopic (exact) mass is 345 g/mol. The molecule has 0 spiro atoms. The van der Waals surface area contributed by atoms with Gasteiger partial charge in [-0.25, -0.2) is 4.98 Å². The Hall–Kier alpha value is -1.95. The van der Waals surface area contributed by atoms with Crippen LogP contribution in [0, 0.1) is 6.92 Å². The van der Waals surface area contributed by atoms with E-state index in [2.05, 4.69) is 4.98 Å². The summed E-state index contributed by atoms with van der Waals surface area (Å²) in [4.78, 5) is 32.4. The molecule has 2 aromatic heterocycles. The Balaban J connectivity index is 1.80. The van der Waals surface area contributed by atoms with E-state index in [1.807, 2.05) is 18.5 Å². The van der Waals surface area contributed by atoms with E-state index in [0.717, 1.165) is 49.1 Å². The Morgan fingerprint density at radius 3 is 2.83 bits per heavy atom. The van der Waals surface area contributed by atoms with E-state index in [1.165, 1.54) is 4.88 Å². The Morgan fingerprint density at radius 1 is 1.38 bits per heavy atom. The average molecular weight is 345 g/mol. The smallest absolute Gasteiger partial charge is 0.263 e. The third-order valence-electron chi connectivity index (χ3n) is 4.84. The van der Waals surface area contributed by atoms with Crippen molar-refractivity contribution >= 4 is 17.2 Å². The van der Waals surface area contributed by atoms with Crippen LogP contribution in [-0.2, 0) is 26.3 Å². The molecule has 0 atom stereocenters. The predicted molar refractivity (Wildman–Crippen MR) is 95.8 cm³/mol. The first kappa shape index (κ1) is 16.9. The molecular formula is C18H23N3O2S. The highest BCUT2D eigenvalue weighted by Crippen LogP contribution is 2.20. The summed E-state index contributed by atoms with van der Waals surface area (Å²) < 4.78 is 1.67. The van der Waals surface area contributed by atoms with Crippen LogP contribution in [0.15, 0.2) is 16.4 Å². The van der Waals surface area contributed by atoms with Crippen LogP contribution < -0.4 is 5.56 Å². The first-order valence-corrected chi connectivity index (χ1v) is 9.23. The zero-order valence-corrected chi connectivity index (χ0v) is 15.3. The maximum absolute atomic E-state index is 12.7. The van der Waals surface area contributed by atoms with Crippen LogP contribution in [0.2, 0.25) is 0 Å². The van der Waals surface area contributed by atoms with E-state index in [-0.39, 0.29) is 11.5 Å². The van der Waals surface area contributed by atoms with Crippen molar-refractivity contribution in [3.05, 3.63) is 49.3 Å². The summed E-state index contributed by atoms with van der Waals surface area (Å²) in [5.74, 6) is -0.189.